The van der Waals surface area contributed by atoms with Crippen molar-refractivity contribution in [2.45, 2.75) is 143 Å². The van der Waals surface area contributed by atoms with Crippen molar-refractivity contribution in [2.24, 2.45) is 5.73 Å². The van der Waals surface area contributed by atoms with Crippen LogP contribution in [0, 0.1) is 0 Å². The lowest BCUT2D eigenvalue weighted by atomic mass is 9.83. The van der Waals surface area contributed by atoms with E-state index in [1.165, 1.54) is 29.2 Å². The van der Waals surface area contributed by atoms with Gasteiger partial charge in [-0.05, 0) is 170 Å². The second kappa shape index (κ2) is 35.0. The van der Waals surface area contributed by atoms with Crippen LogP contribution < -0.4 is 45.9 Å². The fourth-order valence-electron chi connectivity index (χ4n) is 13.5. The highest BCUT2D eigenvalue weighted by Gasteiger charge is 2.40. The first-order chi connectivity index (χ1) is 48.8. The zero-order valence-electron chi connectivity index (χ0n) is 56.9. The van der Waals surface area contributed by atoms with Crippen molar-refractivity contribution >= 4 is 32.6 Å². The third kappa shape index (κ3) is 19.2. The minimum Gasteiger partial charge on any atom is -0.482 e. The molecule has 0 unspecified atom stereocenters. The third-order valence-electron chi connectivity index (χ3n) is 18.9. The number of fused-ring (bicyclic) bond motifs is 3. The van der Waals surface area contributed by atoms with E-state index in [0.29, 0.717) is 56.6 Å². The molecular formula is C78H100N18O6S. The van der Waals surface area contributed by atoms with Crippen LogP contribution in [0.2, 0.25) is 0 Å². The van der Waals surface area contributed by atoms with Crippen LogP contribution in [0.3, 0.4) is 0 Å². The Labute approximate surface area is 605 Å². The first-order valence-electron chi connectivity index (χ1n) is 35.0. The highest BCUT2D eigenvalue weighted by Crippen LogP contribution is 2.46. The number of para-hydroxylation sites is 3. The van der Waals surface area contributed by atoms with Gasteiger partial charge in [-0.25, -0.2) is 13.1 Å². The van der Waals surface area contributed by atoms with Crippen molar-refractivity contribution in [3.63, 3.8) is 0 Å². The van der Waals surface area contributed by atoms with Crippen LogP contribution in [0.1, 0.15) is 140 Å². The summed E-state index contributed by atoms with van der Waals surface area (Å²) in [7, 11) is -3.15. The first-order valence-corrected chi connectivity index (χ1v) is 36.9. The van der Waals surface area contributed by atoms with Gasteiger partial charge in [0.05, 0.1) is 25.9 Å². The number of piperidine rings is 3. The molecule has 3 spiro atoms. The van der Waals surface area contributed by atoms with E-state index in [2.05, 4.69) is 200 Å². The van der Waals surface area contributed by atoms with Gasteiger partial charge in [-0.15, -0.1) is 30.6 Å². The van der Waals surface area contributed by atoms with Crippen molar-refractivity contribution in [1.82, 2.24) is 86.6 Å². The summed E-state index contributed by atoms with van der Waals surface area (Å²) in [4.78, 5) is 15.8. The average Bonchev–Trinajstić information content (AvgIpc) is 1.63. The largest absolute Gasteiger partial charge is 0.482 e. The number of hydrogen-bond donors (Lipinski definition) is 6. The summed E-state index contributed by atoms with van der Waals surface area (Å²) in [6, 6.07) is 49.9. The van der Waals surface area contributed by atoms with Gasteiger partial charge in [0, 0.05) is 91.9 Å². The van der Waals surface area contributed by atoms with Gasteiger partial charge >= 0.3 is 0 Å². The van der Waals surface area contributed by atoms with E-state index in [-0.39, 0.29) is 45.0 Å². The SMILES string of the molecule is C.C.C.CC(=O)NCCCCn1nnc(-c2ccc(C3=CC4(CCNCC4)Oc4ccccc43)cc2)n1.CS(=O)(=O)NCCCCn1nnc(-c2ccc(C3=CC4(CCNCC4)Oc4ccccc43)cc2)n1.NCCCCn1nnc(-c2ccc(C3=CC4(CCNCC4)Oc4ccccc43)cc2)n1. The highest BCUT2D eigenvalue weighted by molar-refractivity contribution is 7.88. The topological polar surface area (TPSA) is 296 Å². The highest BCUT2D eigenvalue weighted by atomic mass is 32.2. The number of nitrogens with one attached hydrogen (secondary N) is 5. The number of sulfonamides is 1. The zero-order chi connectivity index (χ0) is 68.8. The summed E-state index contributed by atoms with van der Waals surface area (Å²) in [6.07, 6.45) is 19.0. The summed E-state index contributed by atoms with van der Waals surface area (Å²) in [5.74, 6) is 4.69. The van der Waals surface area contributed by atoms with Crippen molar-refractivity contribution in [3.8, 4) is 51.4 Å². The molecular weight excluding hydrogens is 1320 g/mol. The molecule has 9 aromatic rings. The molecule has 24 nitrogen and oxygen atoms in total. The predicted molar refractivity (Wildman–Crippen MR) is 405 cm³/mol. The predicted octanol–water partition coefficient (Wildman–Crippen LogP) is 10.8. The van der Waals surface area contributed by atoms with E-state index < -0.39 is 10.0 Å². The van der Waals surface area contributed by atoms with Crippen molar-refractivity contribution in [3.05, 3.63) is 197 Å². The minimum atomic E-state index is -3.15. The molecule has 15 rings (SSSR count). The van der Waals surface area contributed by atoms with Crippen LogP contribution in [0.4, 0.5) is 0 Å². The number of benzene rings is 6. The minimum absolute atomic E-state index is 0. The lowest BCUT2D eigenvalue weighted by Gasteiger charge is -2.40. The summed E-state index contributed by atoms with van der Waals surface area (Å²) >= 11 is 0. The Morgan fingerprint density at radius 1 is 0.447 bits per heavy atom. The maximum absolute atomic E-state index is 11.1. The number of hydrogen-bond acceptors (Lipinski definition) is 19. The number of carbonyl (C=O) groups is 1. The van der Waals surface area contributed by atoms with E-state index in [1.807, 2.05) is 36.4 Å². The number of nitrogens with two attached hydrogens (primary N) is 1. The second-order valence-corrected chi connectivity index (χ2v) is 28.2. The van der Waals surface area contributed by atoms with Crippen LogP contribution in [0.5, 0.6) is 17.2 Å². The number of ether oxygens (including phenoxy) is 3. The Morgan fingerprint density at radius 3 is 1.06 bits per heavy atom. The number of unbranched alkanes of at least 4 members (excludes halogenated alkanes) is 3. The number of carbonyl (C=O) groups excluding carboxylic acids is 1. The fourth-order valence-corrected chi connectivity index (χ4v) is 14.1. The molecule has 0 bridgehead atoms. The van der Waals surface area contributed by atoms with Gasteiger partial charge in [0.1, 0.15) is 34.1 Å². The summed E-state index contributed by atoms with van der Waals surface area (Å²) < 4.78 is 44.2. The molecule has 3 saturated heterocycles. The van der Waals surface area contributed by atoms with Gasteiger partial charge in [-0.2, -0.15) is 14.4 Å². The molecule has 9 heterocycles. The van der Waals surface area contributed by atoms with Gasteiger partial charge in [0.2, 0.25) is 33.4 Å². The standard InChI is InChI=1S/C26H30N6O2.C25H30N6O3S.C24H28N6O.3CH4/c1-19(33)28-14-4-5-17-32-30-25(29-31-32)21-10-8-20(9-11-21)23-18-26(12-15-27-16-13-26)34-24-7-3-2-6-22(23)24;1-35(32,33)27-14-4-5-17-31-29-24(28-30-31)20-10-8-19(9-11-20)22-18-25(12-15-26-16-13-25)34-23-7-3-2-6-21(22)23;25-13-3-4-16-30-28-23(27-29-30)19-9-7-18(8-10-19)21-17-24(11-14-26-15-12-24)31-22-6-2-1-5-20(21)22;;;/h2-3,6-11,18,27H,4-5,12-17H2,1H3,(H,28,33);2-3,6-11,18,26-27H,4-5,12-17H2,1H3;1-2,5-10,17,26H,3-4,11-16,25H2;3*1H4. The Bertz CT molecular complexity index is 4450. The van der Waals surface area contributed by atoms with Gasteiger partial charge in [0.25, 0.3) is 0 Å². The molecule has 6 aromatic carbocycles. The molecule has 3 aromatic heterocycles. The molecule has 544 valence electrons. The summed E-state index contributed by atoms with van der Waals surface area (Å²) in [5, 5.41) is 51.8. The van der Waals surface area contributed by atoms with Crippen LogP contribution in [0.15, 0.2) is 164 Å². The molecule has 0 radical (unpaired) electrons. The van der Waals surface area contributed by atoms with Crippen LogP contribution in [-0.2, 0) is 34.5 Å². The molecule has 0 saturated carbocycles. The molecule has 6 aliphatic heterocycles. The van der Waals surface area contributed by atoms with E-state index in [9.17, 15) is 13.2 Å². The fraction of sp³-hybridized carbons (Fsp3) is 0.410. The number of rotatable bonds is 21. The molecule has 0 aliphatic carbocycles. The maximum atomic E-state index is 11.1. The Morgan fingerprint density at radius 2 is 0.748 bits per heavy atom. The van der Waals surface area contributed by atoms with Gasteiger partial charge in [-0.1, -0.05) is 150 Å². The molecule has 3 fully saturated rings. The van der Waals surface area contributed by atoms with E-state index in [4.69, 9.17) is 19.9 Å². The molecule has 6 aliphatic rings. The third-order valence-corrected chi connectivity index (χ3v) is 19.6. The molecule has 103 heavy (non-hydrogen) atoms. The molecule has 7 N–H and O–H groups in total. The maximum Gasteiger partial charge on any atom is 0.216 e. The van der Waals surface area contributed by atoms with Crippen LogP contribution in [0.25, 0.3) is 50.9 Å². The van der Waals surface area contributed by atoms with Crippen molar-refractivity contribution in [2.75, 3.05) is 65.2 Å². The van der Waals surface area contributed by atoms with Crippen molar-refractivity contribution < 1.29 is 27.4 Å². The molecule has 0 atom stereocenters. The number of aromatic nitrogens is 12. The summed E-state index contributed by atoms with van der Waals surface area (Å²) in [5.41, 5.74) is 18.1. The van der Waals surface area contributed by atoms with E-state index in [1.54, 1.807) is 14.4 Å². The number of amides is 1. The smallest absolute Gasteiger partial charge is 0.216 e. The van der Waals surface area contributed by atoms with Crippen molar-refractivity contribution in [1.29, 1.82) is 0 Å². The quantitative estimate of drug-likeness (QED) is 0.0364. The van der Waals surface area contributed by atoms with E-state index in [0.717, 1.165) is 184 Å². The first kappa shape index (κ1) is 76.0. The zero-order valence-corrected chi connectivity index (χ0v) is 57.7. The normalized spacial score (nSPS) is 16.4. The second-order valence-electron chi connectivity index (χ2n) is 26.3. The Balaban J connectivity index is 0.000000164. The van der Waals surface area contributed by atoms with Gasteiger partial charge < -0.3 is 41.2 Å². The average molecular weight is 1420 g/mol. The van der Waals surface area contributed by atoms with Gasteiger partial charge in [0.15, 0.2) is 0 Å². The molecule has 1 amide bonds. The van der Waals surface area contributed by atoms with Crippen LogP contribution >= 0.6 is 0 Å². The van der Waals surface area contributed by atoms with E-state index >= 15 is 0 Å². The molecule has 25 heteroatoms. The summed E-state index contributed by atoms with van der Waals surface area (Å²) in [6.45, 7) is 11.0. The Hall–Kier alpha value is -9.63. The lowest BCUT2D eigenvalue weighted by Crippen LogP contribution is -2.46. The number of aryl methyl sites for hydroxylation is 3. The van der Waals surface area contributed by atoms with Gasteiger partial charge in [-0.3, -0.25) is 4.79 Å². The lowest BCUT2D eigenvalue weighted by molar-refractivity contribution is -0.118. The Kier molecular flexibility index (Phi) is 25.9. The monoisotopic (exact) mass is 1420 g/mol. The number of tetrazole rings is 3. The number of nitrogens with zero attached hydrogens (tertiary/aromatic N) is 12. The van der Waals surface area contributed by atoms with Crippen LogP contribution in [-0.4, -0.2) is 157 Å².